The number of carbonyl (C=O) groups excluding carboxylic acids is 1. The number of piperidine rings is 1. The highest BCUT2D eigenvalue weighted by atomic mass is 32.2. The molecule has 192 valence electrons. The van der Waals surface area contributed by atoms with Crippen LogP contribution in [0.2, 0.25) is 0 Å². The van der Waals surface area contributed by atoms with E-state index < -0.39 is 11.4 Å². The molecule has 3 aliphatic rings. The number of nitrogens with zero attached hydrogens (tertiary/aromatic N) is 4. The number of halogens is 3. The van der Waals surface area contributed by atoms with Crippen LogP contribution < -0.4 is 10.6 Å². The summed E-state index contributed by atoms with van der Waals surface area (Å²) in [4.78, 5) is 14.3. The van der Waals surface area contributed by atoms with Gasteiger partial charge in [-0.15, -0.1) is 10.2 Å². The van der Waals surface area contributed by atoms with Crippen molar-refractivity contribution in [1.82, 2.24) is 24.8 Å². The van der Waals surface area contributed by atoms with E-state index in [-0.39, 0.29) is 49.0 Å². The minimum atomic E-state index is -2.97. The zero-order valence-electron chi connectivity index (χ0n) is 19.8. The van der Waals surface area contributed by atoms with Gasteiger partial charge in [0.25, 0.3) is 11.1 Å². The van der Waals surface area contributed by atoms with E-state index in [0.717, 1.165) is 24.9 Å². The Bertz CT molecular complexity index is 1310. The van der Waals surface area contributed by atoms with Gasteiger partial charge in [0.1, 0.15) is 12.0 Å². The van der Waals surface area contributed by atoms with Crippen molar-refractivity contribution in [3.05, 3.63) is 29.8 Å². The van der Waals surface area contributed by atoms with E-state index in [4.69, 9.17) is 4.42 Å². The fraction of sp³-hybridized carbons (Fsp3) is 0.542. The average molecular weight is 521 g/mol. The lowest BCUT2D eigenvalue weighted by Crippen LogP contribution is -2.46. The molecule has 2 fully saturated rings. The molecule has 5 heterocycles. The first-order chi connectivity index (χ1) is 17.3. The van der Waals surface area contributed by atoms with Crippen molar-refractivity contribution in [2.24, 2.45) is 5.92 Å². The van der Waals surface area contributed by atoms with Crippen LogP contribution in [-0.2, 0) is 17.8 Å². The van der Waals surface area contributed by atoms with Crippen LogP contribution in [0.15, 0.2) is 27.6 Å². The maximum absolute atomic E-state index is 14.8. The Hall–Kier alpha value is -2.73. The van der Waals surface area contributed by atoms with Crippen LogP contribution in [0.4, 0.5) is 19.0 Å². The van der Waals surface area contributed by atoms with E-state index in [1.165, 1.54) is 0 Å². The molecule has 1 saturated heterocycles. The summed E-state index contributed by atoms with van der Waals surface area (Å²) in [5.41, 5.74) is 1.81. The monoisotopic (exact) mass is 520 g/mol. The maximum atomic E-state index is 14.8. The molecule has 0 spiro atoms. The molecule has 6 rings (SSSR count). The minimum Gasteiger partial charge on any atom is -0.419 e. The molecule has 3 aromatic heterocycles. The van der Waals surface area contributed by atoms with E-state index in [0.29, 0.717) is 46.5 Å². The molecule has 36 heavy (non-hydrogen) atoms. The number of nitrogens with one attached hydrogen (secondary N) is 2. The first-order valence-corrected chi connectivity index (χ1v) is 13.0. The Labute approximate surface area is 210 Å². The Morgan fingerprint density at radius 1 is 1.28 bits per heavy atom. The third-order valence-electron chi connectivity index (χ3n) is 7.04. The third-order valence-corrected chi connectivity index (χ3v) is 8.16. The highest BCUT2D eigenvalue weighted by molar-refractivity contribution is 8.00. The van der Waals surface area contributed by atoms with Crippen molar-refractivity contribution in [3.8, 4) is 11.5 Å². The van der Waals surface area contributed by atoms with Gasteiger partial charge in [-0.25, -0.2) is 4.39 Å². The number of hydrogen-bond donors (Lipinski definition) is 2. The summed E-state index contributed by atoms with van der Waals surface area (Å²) in [7, 11) is 1.89. The van der Waals surface area contributed by atoms with E-state index in [1.807, 2.05) is 24.1 Å². The summed E-state index contributed by atoms with van der Waals surface area (Å²) in [5, 5.41) is 11.2. The van der Waals surface area contributed by atoms with Crippen LogP contribution in [0.1, 0.15) is 37.1 Å². The van der Waals surface area contributed by atoms with Crippen LogP contribution in [-0.4, -0.2) is 63.0 Å². The fourth-order valence-corrected chi connectivity index (χ4v) is 5.95. The zero-order chi connectivity index (χ0) is 25.0. The standard InChI is InChI=1S/C24H27F3N6O2S/c1-32-9-7-17(16(25)12-32)29-18-5-4-13-6-8-24(26,27)36-21-15(11-33(18)20(13)21)23-31-30-19(35-23)10-28-22(34)14-2-3-14/h4-5,11,14,16-17,29H,2-3,6-10,12H2,1H3,(H,28,34)/t16-,17+/m0/s1. The number of aromatic nitrogens is 3. The lowest BCUT2D eigenvalue weighted by molar-refractivity contribution is -0.122. The van der Waals surface area contributed by atoms with Crippen molar-refractivity contribution in [2.75, 3.05) is 25.5 Å². The number of likely N-dealkylation sites (tertiary alicyclic amines) is 1. The number of alkyl halides is 3. The van der Waals surface area contributed by atoms with Gasteiger partial charge in [-0.2, -0.15) is 8.78 Å². The first-order valence-electron chi connectivity index (χ1n) is 12.2. The van der Waals surface area contributed by atoms with E-state index in [9.17, 15) is 18.0 Å². The van der Waals surface area contributed by atoms with Gasteiger partial charge in [-0.1, -0.05) is 6.07 Å². The Balaban J connectivity index is 1.36. The second-order valence-corrected chi connectivity index (χ2v) is 11.1. The topological polar surface area (TPSA) is 87.7 Å². The summed E-state index contributed by atoms with van der Waals surface area (Å²) in [6.45, 7) is 1.19. The smallest absolute Gasteiger partial charge is 0.298 e. The van der Waals surface area contributed by atoms with Gasteiger partial charge < -0.3 is 24.4 Å². The second kappa shape index (κ2) is 8.98. The van der Waals surface area contributed by atoms with Gasteiger partial charge in [0.05, 0.1) is 28.6 Å². The number of hydrogen-bond acceptors (Lipinski definition) is 7. The third kappa shape index (κ3) is 4.56. The number of anilines is 1. The normalized spacial score (nSPS) is 24.0. The van der Waals surface area contributed by atoms with Crippen molar-refractivity contribution >= 4 is 29.0 Å². The molecule has 0 radical (unpaired) electrons. The van der Waals surface area contributed by atoms with Crippen LogP contribution in [0.3, 0.4) is 0 Å². The van der Waals surface area contributed by atoms with E-state index in [1.54, 1.807) is 10.6 Å². The highest BCUT2D eigenvalue weighted by Crippen LogP contribution is 2.50. The van der Waals surface area contributed by atoms with Gasteiger partial charge in [0, 0.05) is 31.6 Å². The van der Waals surface area contributed by atoms with Crippen molar-refractivity contribution < 1.29 is 22.4 Å². The summed E-state index contributed by atoms with van der Waals surface area (Å²) < 4.78 is 51.9. The molecule has 2 atom stereocenters. The average Bonchev–Trinajstić information content (AvgIpc) is 3.51. The van der Waals surface area contributed by atoms with Crippen molar-refractivity contribution in [3.63, 3.8) is 0 Å². The summed E-state index contributed by atoms with van der Waals surface area (Å²) in [5.74, 6) is 0.937. The van der Waals surface area contributed by atoms with Crippen LogP contribution in [0.25, 0.3) is 17.0 Å². The summed E-state index contributed by atoms with van der Waals surface area (Å²) in [6.07, 6.45) is 2.97. The number of pyridine rings is 1. The van der Waals surface area contributed by atoms with Gasteiger partial charge in [-0.3, -0.25) is 4.79 Å². The molecule has 1 saturated carbocycles. The van der Waals surface area contributed by atoms with Crippen LogP contribution in [0, 0.1) is 5.92 Å². The molecule has 1 amide bonds. The molecule has 0 unspecified atom stereocenters. The summed E-state index contributed by atoms with van der Waals surface area (Å²) in [6, 6.07) is 3.28. The van der Waals surface area contributed by atoms with Gasteiger partial charge in [0.15, 0.2) is 0 Å². The Morgan fingerprint density at radius 2 is 2.11 bits per heavy atom. The predicted molar refractivity (Wildman–Crippen MR) is 129 cm³/mol. The molecule has 0 aromatic carbocycles. The number of aryl methyl sites for hydroxylation is 1. The van der Waals surface area contributed by atoms with Crippen molar-refractivity contribution in [1.29, 1.82) is 0 Å². The lowest BCUT2D eigenvalue weighted by atomic mass is 10.0. The molecule has 2 N–H and O–H groups in total. The van der Waals surface area contributed by atoms with E-state index in [2.05, 4.69) is 20.8 Å². The van der Waals surface area contributed by atoms with Crippen LogP contribution >= 0.6 is 11.8 Å². The van der Waals surface area contributed by atoms with Gasteiger partial charge in [-0.05, 0) is 56.1 Å². The zero-order valence-corrected chi connectivity index (χ0v) is 20.6. The van der Waals surface area contributed by atoms with E-state index >= 15 is 0 Å². The maximum Gasteiger partial charge on any atom is 0.298 e. The largest absolute Gasteiger partial charge is 0.419 e. The number of thioether (sulfide) groups is 1. The Morgan fingerprint density at radius 3 is 2.89 bits per heavy atom. The molecule has 2 aliphatic heterocycles. The van der Waals surface area contributed by atoms with Crippen LogP contribution in [0.5, 0.6) is 0 Å². The Kier molecular flexibility index (Phi) is 5.90. The van der Waals surface area contributed by atoms with Gasteiger partial charge >= 0.3 is 0 Å². The number of amides is 1. The number of rotatable bonds is 6. The SMILES string of the molecule is CN1CC[C@@H](Nc2ccc3c4c(c(-c5nnc(CNC(=O)C6CC6)o5)cn24)SC(F)(F)CC3)[C@@H](F)C1. The molecule has 12 heteroatoms. The second-order valence-electron chi connectivity index (χ2n) is 9.88. The minimum absolute atomic E-state index is 0.0495. The van der Waals surface area contributed by atoms with Crippen molar-refractivity contribution in [2.45, 2.75) is 61.0 Å². The molecule has 3 aromatic rings. The molecule has 8 nitrogen and oxygen atoms in total. The molecule has 0 bridgehead atoms. The predicted octanol–water partition coefficient (Wildman–Crippen LogP) is 4.10. The highest BCUT2D eigenvalue weighted by Gasteiger charge is 2.38. The molecular weight excluding hydrogens is 493 g/mol. The summed E-state index contributed by atoms with van der Waals surface area (Å²) >= 11 is 0.491. The number of carbonyl (C=O) groups is 1. The van der Waals surface area contributed by atoms with Gasteiger partial charge in [0.2, 0.25) is 11.8 Å². The fourth-order valence-electron chi connectivity index (χ4n) is 4.87. The molecular formula is C24H27F3N6O2S. The first kappa shape index (κ1) is 23.7. The quantitative estimate of drug-likeness (QED) is 0.506. The molecule has 1 aliphatic carbocycles. The lowest BCUT2D eigenvalue weighted by Gasteiger charge is -2.33.